The van der Waals surface area contributed by atoms with E-state index in [1.807, 2.05) is 45.2 Å². The van der Waals surface area contributed by atoms with E-state index in [0.29, 0.717) is 29.8 Å². The predicted octanol–water partition coefficient (Wildman–Crippen LogP) is 4.94. The first-order chi connectivity index (χ1) is 16.8. The standard InChI is InChI=1S/C25H16I2N2O6/c26-19-12-15(13-20(27)22(19)35-14-21(30)31)11-18-23(32)28(16-7-3-1-4-8-16)25(34)29(24(18)33)17-9-5-2-6-10-17/h1-13H,14H2,(H,30,31). The Morgan fingerprint density at radius 3 is 1.71 bits per heavy atom. The minimum atomic E-state index is -1.10. The smallest absolute Gasteiger partial charge is 0.343 e. The summed E-state index contributed by atoms with van der Waals surface area (Å²) in [6.07, 6.45) is 1.42. The van der Waals surface area contributed by atoms with E-state index in [1.165, 1.54) is 6.08 Å². The minimum Gasteiger partial charge on any atom is -0.480 e. The Balaban J connectivity index is 1.81. The monoisotopic (exact) mass is 694 g/mol. The molecule has 1 heterocycles. The van der Waals surface area contributed by atoms with Crippen molar-refractivity contribution in [1.29, 1.82) is 0 Å². The zero-order chi connectivity index (χ0) is 25.1. The quantitative estimate of drug-likeness (QED) is 0.223. The Labute approximate surface area is 227 Å². The lowest BCUT2D eigenvalue weighted by molar-refractivity contribution is -0.139. The molecule has 176 valence electrons. The number of amides is 4. The Morgan fingerprint density at radius 2 is 1.29 bits per heavy atom. The van der Waals surface area contributed by atoms with Crippen LogP contribution in [0.4, 0.5) is 16.2 Å². The van der Waals surface area contributed by atoms with Crippen LogP contribution in [0.5, 0.6) is 5.75 Å². The number of ether oxygens (including phenoxy) is 1. The van der Waals surface area contributed by atoms with Gasteiger partial charge in [-0.15, -0.1) is 0 Å². The number of carbonyl (C=O) groups is 4. The average Bonchev–Trinajstić information content (AvgIpc) is 2.82. The molecule has 0 atom stereocenters. The molecule has 1 aliphatic rings. The number of hydrogen-bond acceptors (Lipinski definition) is 5. The van der Waals surface area contributed by atoms with Gasteiger partial charge in [-0.1, -0.05) is 36.4 Å². The number of imide groups is 2. The summed E-state index contributed by atoms with van der Waals surface area (Å²) in [5, 5.41) is 8.89. The molecule has 0 aromatic heterocycles. The highest BCUT2D eigenvalue weighted by Crippen LogP contribution is 2.32. The Bertz CT molecular complexity index is 1270. The van der Waals surface area contributed by atoms with Crippen LogP contribution in [-0.4, -0.2) is 35.5 Å². The zero-order valence-electron chi connectivity index (χ0n) is 17.9. The van der Waals surface area contributed by atoms with Gasteiger partial charge in [-0.3, -0.25) is 9.59 Å². The molecule has 10 heteroatoms. The van der Waals surface area contributed by atoms with Gasteiger partial charge in [0.25, 0.3) is 11.8 Å². The van der Waals surface area contributed by atoms with Crippen LogP contribution in [0.2, 0.25) is 0 Å². The van der Waals surface area contributed by atoms with Crippen molar-refractivity contribution in [3.05, 3.63) is 91.1 Å². The van der Waals surface area contributed by atoms with E-state index in [0.717, 1.165) is 9.80 Å². The number of benzene rings is 3. The Hall–Kier alpha value is -3.26. The van der Waals surface area contributed by atoms with Crippen molar-refractivity contribution in [1.82, 2.24) is 0 Å². The van der Waals surface area contributed by atoms with E-state index < -0.39 is 30.4 Å². The first kappa shape index (κ1) is 24.9. The van der Waals surface area contributed by atoms with Gasteiger partial charge in [0.05, 0.1) is 18.5 Å². The highest BCUT2D eigenvalue weighted by molar-refractivity contribution is 14.1. The van der Waals surface area contributed by atoms with Gasteiger partial charge in [-0.25, -0.2) is 19.4 Å². The minimum absolute atomic E-state index is 0.192. The van der Waals surface area contributed by atoms with Crippen molar-refractivity contribution in [3.63, 3.8) is 0 Å². The van der Waals surface area contributed by atoms with Crippen molar-refractivity contribution in [2.45, 2.75) is 0 Å². The zero-order valence-corrected chi connectivity index (χ0v) is 22.2. The number of para-hydroxylation sites is 2. The number of hydrogen-bond donors (Lipinski definition) is 1. The first-order valence-corrected chi connectivity index (χ1v) is 12.3. The normalized spacial score (nSPS) is 13.8. The third kappa shape index (κ3) is 5.22. The molecule has 4 amide bonds. The van der Waals surface area contributed by atoms with Crippen LogP contribution >= 0.6 is 45.2 Å². The lowest BCUT2D eigenvalue weighted by Gasteiger charge is -2.34. The first-order valence-electron chi connectivity index (χ1n) is 10.2. The molecule has 3 aromatic rings. The molecule has 35 heavy (non-hydrogen) atoms. The van der Waals surface area contributed by atoms with Crippen LogP contribution in [0.25, 0.3) is 6.08 Å². The van der Waals surface area contributed by atoms with E-state index in [2.05, 4.69) is 0 Å². The Morgan fingerprint density at radius 1 is 0.829 bits per heavy atom. The molecule has 1 aliphatic heterocycles. The molecule has 1 fully saturated rings. The van der Waals surface area contributed by atoms with Crippen molar-refractivity contribution < 1.29 is 29.0 Å². The summed E-state index contributed by atoms with van der Waals surface area (Å²) >= 11 is 3.99. The van der Waals surface area contributed by atoms with Gasteiger partial charge in [0.15, 0.2) is 6.61 Å². The summed E-state index contributed by atoms with van der Waals surface area (Å²) in [4.78, 5) is 53.0. The summed E-state index contributed by atoms with van der Waals surface area (Å²) in [5.74, 6) is -2.19. The van der Waals surface area contributed by atoms with Crippen LogP contribution in [0.1, 0.15) is 5.56 Å². The van der Waals surface area contributed by atoms with Crippen molar-refractivity contribution in [2.24, 2.45) is 0 Å². The third-order valence-electron chi connectivity index (χ3n) is 4.95. The van der Waals surface area contributed by atoms with E-state index >= 15 is 0 Å². The number of barbiturate groups is 1. The largest absolute Gasteiger partial charge is 0.480 e. The van der Waals surface area contributed by atoms with Crippen molar-refractivity contribution in [2.75, 3.05) is 16.4 Å². The summed E-state index contributed by atoms with van der Waals surface area (Å²) in [6, 6.07) is 19.4. The van der Waals surface area contributed by atoms with Gasteiger partial charge in [0.1, 0.15) is 11.3 Å². The van der Waals surface area contributed by atoms with Crippen LogP contribution in [0, 0.1) is 7.14 Å². The topological polar surface area (TPSA) is 104 Å². The van der Waals surface area contributed by atoms with Gasteiger partial charge in [-0.2, -0.15) is 0 Å². The van der Waals surface area contributed by atoms with Crippen LogP contribution < -0.4 is 14.5 Å². The van der Waals surface area contributed by atoms with E-state index in [4.69, 9.17) is 9.84 Å². The van der Waals surface area contributed by atoms with Gasteiger partial charge >= 0.3 is 12.0 Å². The maximum Gasteiger partial charge on any atom is 0.343 e. The molecule has 0 radical (unpaired) electrons. The molecular weight excluding hydrogens is 678 g/mol. The van der Waals surface area contributed by atoms with Gasteiger partial charge in [-0.05, 0) is 93.2 Å². The fourth-order valence-electron chi connectivity index (χ4n) is 3.44. The van der Waals surface area contributed by atoms with E-state index in [-0.39, 0.29) is 5.57 Å². The SMILES string of the molecule is O=C(O)COc1c(I)cc(C=C2C(=O)N(c3ccccc3)C(=O)N(c3ccccc3)C2=O)cc1I. The maximum atomic E-state index is 13.4. The molecule has 0 unspecified atom stereocenters. The van der Waals surface area contributed by atoms with Crippen LogP contribution in [0.15, 0.2) is 78.4 Å². The molecule has 1 saturated heterocycles. The van der Waals surface area contributed by atoms with Crippen LogP contribution in [0.3, 0.4) is 0 Å². The molecule has 0 aliphatic carbocycles. The second-order valence-electron chi connectivity index (χ2n) is 7.29. The maximum absolute atomic E-state index is 13.4. The fourth-order valence-corrected chi connectivity index (χ4v) is 5.57. The molecule has 0 saturated carbocycles. The second-order valence-corrected chi connectivity index (χ2v) is 9.61. The van der Waals surface area contributed by atoms with Gasteiger partial charge < -0.3 is 9.84 Å². The molecule has 3 aromatic carbocycles. The number of anilines is 2. The summed E-state index contributed by atoms with van der Waals surface area (Å²) in [6.45, 7) is -0.496. The van der Waals surface area contributed by atoms with Crippen LogP contribution in [-0.2, 0) is 14.4 Å². The molecule has 1 N–H and O–H groups in total. The summed E-state index contributed by atoms with van der Waals surface area (Å²) < 4.78 is 6.56. The number of rotatable bonds is 6. The number of halogens is 2. The third-order valence-corrected chi connectivity index (χ3v) is 6.55. The highest BCUT2D eigenvalue weighted by atomic mass is 127. The lowest BCUT2D eigenvalue weighted by atomic mass is 10.0. The summed E-state index contributed by atoms with van der Waals surface area (Å²) in [5.41, 5.74) is 1.00. The number of nitrogens with zero attached hydrogens (tertiary/aromatic N) is 2. The molecule has 8 nitrogen and oxygen atoms in total. The van der Waals surface area contributed by atoms with Crippen molar-refractivity contribution in [3.8, 4) is 5.75 Å². The predicted molar refractivity (Wildman–Crippen MR) is 146 cm³/mol. The number of carboxylic acid groups (broad SMARTS) is 1. The lowest BCUT2D eigenvalue weighted by Crippen LogP contribution is -2.57. The Kier molecular flexibility index (Phi) is 7.50. The summed E-state index contributed by atoms with van der Waals surface area (Å²) in [7, 11) is 0. The van der Waals surface area contributed by atoms with Gasteiger partial charge in [0.2, 0.25) is 0 Å². The van der Waals surface area contributed by atoms with Gasteiger partial charge in [0, 0.05) is 0 Å². The molecule has 0 bridgehead atoms. The van der Waals surface area contributed by atoms with E-state index in [9.17, 15) is 19.2 Å². The van der Waals surface area contributed by atoms with E-state index in [1.54, 1.807) is 72.8 Å². The number of aliphatic carboxylic acids is 1. The molecular formula is C25H16I2N2O6. The fraction of sp³-hybridized carbons (Fsp3) is 0.0400. The molecule has 4 rings (SSSR count). The average molecular weight is 694 g/mol. The molecule has 0 spiro atoms. The number of carbonyl (C=O) groups excluding carboxylic acids is 3. The highest BCUT2D eigenvalue weighted by Gasteiger charge is 2.43. The number of carboxylic acids is 1. The van der Waals surface area contributed by atoms with Crippen molar-refractivity contribution >= 4 is 86.4 Å². The second kappa shape index (κ2) is 10.6. The number of urea groups is 1.